The number of aliphatic hydroxyl groups excluding tert-OH is 1. The van der Waals surface area contributed by atoms with E-state index in [1.54, 1.807) is 12.3 Å². The standard InChI is InChI=1S/C13H17N3O/c14-9-12-10(6-4-8-15-12)16-11-5-2-1-3-7-13(11)17/h4,6,8,11,13,16-17H,1-3,5,7H2. The SMILES string of the molecule is N#Cc1ncccc1NC1CCCCCC1O. The maximum absolute atomic E-state index is 10.0. The molecule has 1 aromatic rings. The molecule has 0 bridgehead atoms. The predicted octanol–water partition coefficient (Wildman–Crippen LogP) is 2.06. The molecule has 4 nitrogen and oxygen atoms in total. The van der Waals surface area contributed by atoms with E-state index in [1.165, 1.54) is 6.42 Å². The zero-order chi connectivity index (χ0) is 12.1. The molecule has 1 saturated carbocycles. The van der Waals surface area contributed by atoms with Gasteiger partial charge in [-0.3, -0.25) is 0 Å². The van der Waals surface area contributed by atoms with E-state index >= 15 is 0 Å². The maximum atomic E-state index is 10.0. The molecule has 0 saturated heterocycles. The average molecular weight is 231 g/mol. The minimum atomic E-state index is -0.329. The third-order valence-electron chi connectivity index (χ3n) is 3.23. The Labute approximate surface area is 101 Å². The van der Waals surface area contributed by atoms with Gasteiger partial charge in [0.15, 0.2) is 5.69 Å². The minimum Gasteiger partial charge on any atom is -0.391 e. The number of rotatable bonds is 2. The molecule has 4 heteroatoms. The topological polar surface area (TPSA) is 68.9 Å². The van der Waals surface area contributed by atoms with E-state index in [4.69, 9.17) is 5.26 Å². The first-order chi connectivity index (χ1) is 8.31. The Kier molecular flexibility index (Phi) is 3.94. The smallest absolute Gasteiger partial charge is 0.163 e. The summed E-state index contributed by atoms with van der Waals surface area (Å²) in [5.41, 5.74) is 1.12. The Morgan fingerprint density at radius 3 is 3.00 bits per heavy atom. The van der Waals surface area contributed by atoms with Crippen molar-refractivity contribution in [3.63, 3.8) is 0 Å². The van der Waals surface area contributed by atoms with Crippen molar-refractivity contribution in [3.05, 3.63) is 24.0 Å². The zero-order valence-electron chi connectivity index (χ0n) is 9.76. The lowest BCUT2D eigenvalue weighted by Gasteiger charge is -2.23. The molecule has 0 amide bonds. The second-order valence-corrected chi connectivity index (χ2v) is 4.47. The normalized spacial score (nSPS) is 24.7. The van der Waals surface area contributed by atoms with Gasteiger partial charge in [0.05, 0.1) is 17.8 Å². The Balaban J connectivity index is 2.11. The summed E-state index contributed by atoms with van der Waals surface area (Å²) in [6, 6.07) is 5.73. The third-order valence-corrected chi connectivity index (χ3v) is 3.23. The highest BCUT2D eigenvalue weighted by atomic mass is 16.3. The van der Waals surface area contributed by atoms with Crippen LogP contribution in [0.4, 0.5) is 5.69 Å². The molecule has 0 radical (unpaired) electrons. The molecular weight excluding hydrogens is 214 g/mol. The van der Waals surface area contributed by atoms with Crippen LogP contribution in [0.1, 0.15) is 37.8 Å². The molecule has 90 valence electrons. The van der Waals surface area contributed by atoms with Gasteiger partial charge in [-0.25, -0.2) is 4.98 Å². The number of anilines is 1. The number of hydrogen-bond donors (Lipinski definition) is 2. The minimum absolute atomic E-state index is 0.0359. The second-order valence-electron chi connectivity index (χ2n) is 4.47. The van der Waals surface area contributed by atoms with Crippen LogP contribution >= 0.6 is 0 Å². The van der Waals surface area contributed by atoms with Crippen molar-refractivity contribution in [2.45, 2.75) is 44.2 Å². The van der Waals surface area contributed by atoms with Crippen molar-refractivity contribution >= 4 is 5.69 Å². The first-order valence-electron chi connectivity index (χ1n) is 6.11. The quantitative estimate of drug-likeness (QED) is 0.764. The van der Waals surface area contributed by atoms with Crippen LogP contribution in [-0.2, 0) is 0 Å². The van der Waals surface area contributed by atoms with Crippen molar-refractivity contribution in [2.24, 2.45) is 0 Å². The number of pyridine rings is 1. The summed E-state index contributed by atoms with van der Waals surface area (Å²) in [6.45, 7) is 0. The van der Waals surface area contributed by atoms with Crippen LogP contribution in [0.25, 0.3) is 0 Å². The highest BCUT2D eigenvalue weighted by Crippen LogP contribution is 2.22. The molecule has 2 rings (SSSR count). The highest BCUT2D eigenvalue weighted by Gasteiger charge is 2.22. The number of aromatic nitrogens is 1. The largest absolute Gasteiger partial charge is 0.391 e. The van der Waals surface area contributed by atoms with Gasteiger partial charge < -0.3 is 10.4 Å². The van der Waals surface area contributed by atoms with Gasteiger partial charge >= 0.3 is 0 Å². The number of nitriles is 1. The van der Waals surface area contributed by atoms with Gasteiger partial charge in [-0.2, -0.15) is 5.26 Å². The molecule has 0 aromatic carbocycles. The molecule has 2 unspecified atom stereocenters. The van der Waals surface area contributed by atoms with Crippen LogP contribution in [0.2, 0.25) is 0 Å². The van der Waals surface area contributed by atoms with Gasteiger partial charge in [0.25, 0.3) is 0 Å². The van der Waals surface area contributed by atoms with E-state index in [9.17, 15) is 5.11 Å². The van der Waals surface area contributed by atoms with Gasteiger partial charge in [0.2, 0.25) is 0 Å². The number of aliphatic hydroxyl groups is 1. The summed E-state index contributed by atoms with van der Waals surface area (Å²) >= 11 is 0. The van der Waals surface area contributed by atoms with Crippen molar-refractivity contribution in [2.75, 3.05) is 5.32 Å². The van der Waals surface area contributed by atoms with Crippen molar-refractivity contribution in [1.29, 1.82) is 5.26 Å². The van der Waals surface area contributed by atoms with Gasteiger partial charge in [-0.15, -0.1) is 0 Å². The fourth-order valence-corrected chi connectivity index (χ4v) is 2.27. The number of nitrogens with one attached hydrogen (secondary N) is 1. The Bertz CT molecular complexity index is 413. The summed E-state index contributed by atoms with van der Waals surface area (Å²) in [6.07, 6.45) is 6.43. The summed E-state index contributed by atoms with van der Waals surface area (Å²) in [5.74, 6) is 0. The van der Waals surface area contributed by atoms with Gasteiger partial charge in [-0.1, -0.05) is 19.3 Å². The molecule has 0 spiro atoms. The van der Waals surface area contributed by atoms with Crippen LogP contribution in [0.5, 0.6) is 0 Å². The zero-order valence-corrected chi connectivity index (χ0v) is 9.76. The predicted molar refractivity (Wildman–Crippen MR) is 65.5 cm³/mol. The van der Waals surface area contributed by atoms with Gasteiger partial charge in [0, 0.05) is 6.20 Å². The Morgan fingerprint density at radius 2 is 2.18 bits per heavy atom. The van der Waals surface area contributed by atoms with Crippen molar-refractivity contribution in [1.82, 2.24) is 4.98 Å². The molecular formula is C13H17N3O. The molecule has 1 heterocycles. The van der Waals surface area contributed by atoms with Gasteiger partial charge in [-0.05, 0) is 25.0 Å². The highest BCUT2D eigenvalue weighted by molar-refractivity contribution is 5.54. The van der Waals surface area contributed by atoms with E-state index in [0.29, 0.717) is 5.69 Å². The molecule has 1 aromatic heterocycles. The molecule has 0 aliphatic heterocycles. The Morgan fingerprint density at radius 1 is 1.35 bits per heavy atom. The number of nitrogens with zero attached hydrogens (tertiary/aromatic N) is 2. The van der Waals surface area contributed by atoms with Crippen molar-refractivity contribution < 1.29 is 5.11 Å². The second kappa shape index (κ2) is 5.65. The lowest BCUT2D eigenvalue weighted by molar-refractivity contribution is 0.144. The average Bonchev–Trinajstić information content (AvgIpc) is 2.56. The summed E-state index contributed by atoms with van der Waals surface area (Å²) in [5, 5.41) is 22.2. The summed E-state index contributed by atoms with van der Waals surface area (Å²) < 4.78 is 0. The van der Waals surface area contributed by atoms with E-state index < -0.39 is 0 Å². The fraction of sp³-hybridized carbons (Fsp3) is 0.538. The fourth-order valence-electron chi connectivity index (χ4n) is 2.27. The first-order valence-corrected chi connectivity index (χ1v) is 6.11. The molecule has 1 aliphatic carbocycles. The van der Waals surface area contributed by atoms with Crippen LogP contribution in [0.3, 0.4) is 0 Å². The molecule has 2 N–H and O–H groups in total. The molecule has 1 aliphatic rings. The Hall–Kier alpha value is -1.60. The molecule has 2 atom stereocenters. The van der Waals surface area contributed by atoms with Crippen molar-refractivity contribution in [3.8, 4) is 6.07 Å². The first kappa shape index (κ1) is 11.9. The maximum Gasteiger partial charge on any atom is 0.163 e. The van der Waals surface area contributed by atoms with E-state index in [0.717, 1.165) is 31.4 Å². The summed E-state index contributed by atoms with van der Waals surface area (Å²) in [7, 11) is 0. The third kappa shape index (κ3) is 2.95. The lowest BCUT2D eigenvalue weighted by atomic mass is 10.1. The van der Waals surface area contributed by atoms with Gasteiger partial charge in [0.1, 0.15) is 6.07 Å². The lowest BCUT2D eigenvalue weighted by Crippen LogP contribution is -2.32. The monoisotopic (exact) mass is 231 g/mol. The molecule has 17 heavy (non-hydrogen) atoms. The van der Waals surface area contributed by atoms with E-state index in [2.05, 4.69) is 16.4 Å². The van der Waals surface area contributed by atoms with Crippen LogP contribution < -0.4 is 5.32 Å². The number of hydrogen-bond acceptors (Lipinski definition) is 4. The van der Waals surface area contributed by atoms with Crippen LogP contribution in [0, 0.1) is 11.3 Å². The van der Waals surface area contributed by atoms with E-state index in [1.807, 2.05) is 6.07 Å². The molecule has 1 fully saturated rings. The summed E-state index contributed by atoms with van der Waals surface area (Å²) in [4.78, 5) is 4.01. The van der Waals surface area contributed by atoms with E-state index in [-0.39, 0.29) is 12.1 Å². The van der Waals surface area contributed by atoms with Crippen LogP contribution in [0.15, 0.2) is 18.3 Å². The van der Waals surface area contributed by atoms with Crippen LogP contribution in [-0.4, -0.2) is 22.2 Å².